The average Bonchev–Trinajstić information content (AvgIpc) is 3.37. The summed E-state index contributed by atoms with van der Waals surface area (Å²) in [5, 5.41) is 27.6. The van der Waals surface area contributed by atoms with Crippen LogP contribution in [0.5, 0.6) is 5.75 Å². The third-order valence-corrected chi connectivity index (χ3v) is 6.41. The summed E-state index contributed by atoms with van der Waals surface area (Å²) in [5.74, 6) is -0.515. The van der Waals surface area contributed by atoms with Crippen LogP contribution in [-0.2, 0) is 11.8 Å². The van der Waals surface area contributed by atoms with Gasteiger partial charge < -0.3 is 15.7 Å². The van der Waals surface area contributed by atoms with Gasteiger partial charge in [0, 0.05) is 41.8 Å². The molecule has 1 aromatic carbocycles. The number of rotatable bonds is 6. The molecule has 1 fully saturated rings. The molecule has 33 heavy (non-hydrogen) atoms. The zero-order valence-electron chi connectivity index (χ0n) is 19.2. The normalized spacial score (nSPS) is 15.2. The molecule has 1 aliphatic rings. The molecule has 1 atom stereocenters. The molecule has 9 heteroatoms. The third-order valence-electron chi connectivity index (χ3n) is 6.41. The highest BCUT2D eigenvalue weighted by Gasteiger charge is 2.32. The van der Waals surface area contributed by atoms with Crippen molar-refractivity contribution in [1.82, 2.24) is 25.3 Å². The van der Waals surface area contributed by atoms with Crippen LogP contribution >= 0.6 is 0 Å². The Kier molecular flexibility index (Phi) is 6.48. The lowest BCUT2D eigenvalue weighted by Gasteiger charge is -2.30. The highest BCUT2D eigenvalue weighted by atomic mass is 16.3. The lowest BCUT2D eigenvalue weighted by Crippen LogP contribution is -2.49. The number of amides is 2. The van der Waals surface area contributed by atoms with Crippen LogP contribution in [-0.4, -0.2) is 42.9 Å². The van der Waals surface area contributed by atoms with E-state index in [1.54, 1.807) is 31.4 Å². The van der Waals surface area contributed by atoms with E-state index in [2.05, 4.69) is 25.9 Å². The summed E-state index contributed by atoms with van der Waals surface area (Å²) >= 11 is 0. The van der Waals surface area contributed by atoms with Crippen molar-refractivity contribution in [2.45, 2.75) is 52.0 Å². The second-order valence-corrected chi connectivity index (χ2v) is 8.72. The minimum absolute atomic E-state index is 0.0496. The molecule has 4 rings (SSSR count). The molecule has 9 nitrogen and oxygen atoms in total. The van der Waals surface area contributed by atoms with Crippen molar-refractivity contribution >= 4 is 17.5 Å². The number of benzene rings is 1. The van der Waals surface area contributed by atoms with Gasteiger partial charge in [-0.15, -0.1) is 0 Å². The topological polar surface area (TPSA) is 125 Å². The molecule has 3 aromatic rings. The Morgan fingerprint density at radius 1 is 1.18 bits per heavy atom. The van der Waals surface area contributed by atoms with Gasteiger partial charge in [0.2, 0.25) is 5.91 Å². The van der Waals surface area contributed by atoms with E-state index in [9.17, 15) is 14.7 Å². The predicted molar refractivity (Wildman–Crippen MR) is 125 cm³/mol. The fraction of sp³-hybridized carbons (Fsp3) is 0.417. The fourth-order valence-corrected chi connectivity index (χ4v) is 4.67. The number of aromatic amines is 1. The van der Waals surface area contributed by atoms with Crippen molar-refractivity contribution in [2.24, 2.45) is 13.0 Å². The van der Waals surface area contributed by atoms with Crippen LogP contribution in [0, 0.1) is 19.8 Å². The highest BCUT2D eigenvalue weighted by Crippen LogP contribution is 2.35. The molecule has 0 spiro atoms. The van der Waals surface area contributed by atoms with Gasteiger partial charge in [-0.05, 0) is 50.8 Å². The van der Waals surface area contributed by atoms with Crippen molar-refractivity contribution in [2.75, 3.05) is 5.32 Å². The Hall–Kier alpha value is -3.62. The van der Waals surface area contributed by atoms with Gasteiger partial charge in [0.05, 0.1) is 5.69 Å². The van der Waals surface area contributed by atoms with Gasteiger partial charge in [-0.25, -0.2) is 0 Å². The molecular formula is C24H30N6O3. The van der Waals surface area contributed by atoms with Gasteiger partial charge in [-0.2, -0.15) is 10.2 Å². The second kappa shape index (κ2) is 9.48. The van der Waals surface area contributed by atoms with E-state index in [0.717, 1.165) is 49.1 Å². The van der Waals surface area contributed by atoms with Gasteiger partial charge in [0.25, 0.3) is 5.91 Å². The molecule has 174 valence electrons. The summed E-state index contributed by atoms with van der Waals surface area (Å²) in [7, 11) is 1.69. The predicted octanol–water partition coefficient (Wildman–Crippen LogP) is 3.45. The van der Waals surface area contributed by atoms with E-state index >= 15 is 0 Å². The molecule has 0 radical (unpaired) electrons. The quantitative estimate of drug-likeness (QED) is 0.458. The molecule has 2 amide bonds. The molecule has 1 aliphatic carbocycles. The van der Waals surface area contributed by atoms with E-state index < -0.39 is 6.04 Å². The summed E-state index contributed by atoms with van der Waals surface area (Å²) in [6.45, 7) is 3.76. The highest BCUT2D eigenvalue weighted by molar-refractivity contribution is 6.01. The zero-order valence-corrected chi connectivity index (χ0v) is 19.2. The number of carbonyl (C=O) groups is 2. The van der Waals surface area contributed by atoms with E-state index in [1.807, 2.05) is 13.8 Å². The maximum absolute atomic E-state index is 13.3. The number of hydrogen-bond acceptors (Lipinski definition) is 5. The Balaban J connectivity index is 1.54. The monoisotopic (exact) mass is 450 g/mol. The van der Waals surface area contributed by atoms with E-state index in [1.165, 1.54) is 10.7 Å². The molecule has 1 saturated carbocycles. The molecule has 2 aromatic heterocycles. The number of aromatic nitrogens is 4. The SMILES string of the molecule is Cc1n[nH]c(C)c1-c1ccc(NC(=O)[C@@H](NC(=O)c2ccnn2C)C2CCCCC2)cc1O. The number of phenolic OH excluding ortho intramolecular Hbond substituents is 1. The Labute approximate surface area is 192 Å². The van der Waals surface area contributed by atoms with Crippen LogP contribution < -0.4 is 10.6 Å². The maximum atomic E-state index is 13.3. The number of phenols is 1. The van der Waals surface area contributed by atoms with Crippen molar-refractivity contribution in [3.05, 3.63) is 47.5 Å². The van der Waals surface area contributed by atoms with Crippen molar-refractivity contribution < 1.29 is 14.7 Å². The number of H-pyrrole nitrogens is 1. The number of aromatic hydroxyl groups is 1. The third kappa shape index (κ3) is 4.76. The van der Waals surface area contributed by atoms with Crippen molar-refractivity contribution in [1.29, 1.82) is 0 Å². The fourth-order valence-electron chi connectivity index (χ4n) is 4.67. The number of nitrogens with one attached hydrogen (secondary N) is 3. The number of hydrogen-bond donors (Lipinski definition) is 4. The first kappa shape index (κ1) is 22.6. The van der Waals surface area contributed by atoms with Crippen LogP contribution in [0.15, 0.2) is 30.5 Å². The number of carbonyl (C=O) groups excluding carboxylic acids is 2. The number of aryl methyl sites for hydroxylation is 3. The first-order valence-corrected chi connectivity index (χ1v) is 11.3. The molecule has 4 N–H and O–H groups in total. The van der Waals surface area contributed by atoms with E-state index in [0.29, 0.717) is 16.9 Å². The molecule has 2 heterocycles. The summed E-state index contributed by atoms with van der Waals surface area (Å²) in [5.41, 5.74) is 4.00. The summed E-state index contributed by atoms with van der Waals surface area (Å²) in [4.78, 5) is 26.1. The van der Waals surface area contributed by atoms with Crippen molar-refractivity contribution in [3.63, 3.8) is 0 Å². The van der Waals surface area contributed by atoms with Crippen LogP contribution in [0.3, 0.4) is 0 Å². The maximum Gasteiger partial charge on any atom is 0.270 e. The van der Waals surface area contributed by atoms with Crippen molar-refractivity contribution in [3.8, 4) is 16.9 Å². The molecule has 0 saturated heterocycles. The molecule has 0 aliphatic heterocycles. The zero-order chi connectivity index (χ0) is 23.5. The Morgan fingerprint density at radius 2 is 1.94 bits per heavy atom. The second-order valence-electron chi connectivity index (χ2n) is 8.72. The largest absolute Gasteiger partial charge is 0.507 e. The van der Waals surface area contributed by atoms with Crippen LogP contribution in [0.25, 0.3) is 11.1 Å². The smallest absolute Gasteiger partial charge is 0.270 e. The summed E-state index contributed by atoms with van der Waals surface area (Å²) in [6.07, 6.45) is 6.53. The number of nitrogens with zero attached hydrogens (tertiary/aromatic N) is 3. The van der Waals surface area contributed by atoms with Crippen LogP contribution in [0.1, 0.15) is 54.0 Å². The number of anilines is 1. The first-order valence-electron chi connectivity index (χ1n) is 11.3. The van der Waals surface area contributed by atoms with Crippen LogP contribution in [0.2, 0.25) is 0 Å². The Morgan fingerprint density at radius 3 is 2.55 bits per heavy atom. The first-order chi connectivity index (χ1) is 15.8. The van der Waals surface area contributed by atoms with Crippen LogP contribution in [0.4, 0.5) is 5.69 Å². The summed E-state index contributed by atoms with van der Waals surface area (Å²) < 4.78 is 1.49. The van der Waals surface area contributed by atoms with Gasteiger partial charge in [-0.1, -0.05) is 19.3 Å². The molecular weight excluding hydrogens is 420 g/mol. The van der Waals surface area contributed by atoms with Gasteiger partial charge in [-0.3, -0.25) is 19.4 Å². The molecule has 0 unspecified atom stereocenters. The lowest BCUT2D eigenvalue weighted by molar-refractivity contribution is -0.119. The molecule has 0 bridgehead atoms. The summed E-state index contributed by atoms with van der Waals surface area (Å²) in [6, 6.07) is 5.99. The van der Waals surface area contributed by atoms with Gasteiger partial charge in [0.15, 0.2) is 0 Å². The minimum Gasteiger partial charge on any atom is -0.507 e. The van der Waals surface area contributed by atoms with Gasteiger partial charge >= 0.3 is 0 Å². The average molecular weight is 451 g/mol. The van der Waals surface area contributed by atoms with Gasteiger partial charge in [0.1, 0.15) is 17.5 Å². The standard InChI is InChI=1S/C24H30N6O3/c1-14-21(15(2)29-28-14)18-10-9-17(13-20(18)31)26-24(33)22(16-7-5-4-6-8-16)27-23(32)19-11-12-25-30(19)3/h9-13,16,22,31H,4-8H2,1-3H3,(H,26,33)(H,27,32)(H,28,29)/t22-/m0/s1. The van der Waals surface area contributed by atoms with E-state index in [4.69, 9.17) is 0 Å². The van der Waals surface area contributed by atoms with E-state index in [-0.39, 0.29) is 23.5 Å². The Bertz CT molecular complexity index is 1140. The minimum atomic E-state index is -0.673. The lowest BCUT2D eigenvalue weighted by atomic mass is 9.83.